The largest absolute Gasteiger partial charge is 1.00 e. The summed E-state index contributed by atoms with van der Waals surface area (Å²) in [6.07, 6.45) is -0.575. The summed E-state index contributed by atoms with van der Waals surface area (Å²) in [5.74, 6) is 1.65. The zero-order valence-electron chi connectivity index (χ0n) is 15.9. The van der Waals surface area contributed by atoms with Gasteiger partial charge in [-0.3, -0.25) is 0 Å². The zero-order valence-corrected chi connectivity index (χ0v) is 22.9. The number of nitrogens with zero attached hydrogens (tertiary/aromatic N) is 3. The van der Waals surface area contributed by atoms with E-state index >= 15 is 0 Å². The van der Waals surface area contributed by atoms with E-state index in [1.54, 1.807) is 6.20 Å². The number of pyridine rings is 2. The number of anilines is 1. The molecule has 2 aromatic heterocycles. The van der Waals surface area contributed by atoms with Crippen LogP contribution < -0.4 is 123 Å². The Morgan fingerprint density at radius 1 is 1.30 bits per heavy atom. The average Bonchev–Trinajstić information content (AvgIpc) is 2.55. The minimum Gasteiger partial charge on any atom is -0.652 e. The summed E-state index contributed by atoms with van der Waals surface area (Å²) in [7, 11) is 0. The Kier molecular flexibility index (Phi) is 14.5. The van der Waals surface area contributed by atoms with E-state index in [1.165, 1.54) is 0 Å². The van der Waals surface area contributed by atoms with Crippen LogP contribution in [0.4, 0.5) is 10.6 Å². The van der Waals surface area contributed by atoms with E-state index < -0.39 is 6.16 Å². The molecule has 1 aliphatic rings. The van der Waals surface area contributed by atoms with Gasteiger partial charge in [0.25, 0.3) is 0 Å². The summed E-state index contributed by atoms with van der Waals surface area (Å²) in [4.78, 5) is 19.3. The third-order valence-corrected chi connectivity index (χ3v) is 3.61. The fourth-order valence-corrected chi connectivity index (χ4v) is 2.58. The molecule has 0 amide bonds. The molecule has 0 atom stereocenters. The Bertz CT molecular complexity index is 741. The number of aromatic nitrogens is 2. The Morgan fingerprint density at radius 3 is 2.44 bits per heavy atom. The average molecular weight is 446 g/mol. The molecule has 1 aliphatic heterocycles. The number of carbonyl (C=O) groups is 1. The van der Waals surface area contributed by atoms with E-state index in [1.807, 2.05) is 26.0 Å². The predicted molar refractivity (Wildman–Crippen MR) is 88.7 cm³/mol. The fourth-order valence-electron chi connectivity index (χ4n) is 2.38. The smallest absolute Gasteiger partial charge is 0.652 e. The van der Waals surface area contributed by atoms with Gasteiger partial charge in [-0.1, -0.05) is 11.6 Å². The van der Waals surface area contributed by atoms with Crippen molar-refractivity contribution < 1.29 is 127 Å². The molecule has 0 aromatic carbocycles. The molecule has 0 saturated carbocycles. The maximum atomic E-state index is 8.33. The van der Waals surface area contributed by atoms with Crippen LogP contribution in [0.25, 0.3) is 10.9 Å². The summed E-state index contributed by atoms with van der Waals surface area (Å²) in [5.41, 5.74) is 0.679. The summed E-state index contributed by atoms with van der Waals surface area (Å²) in [6, 6.07) is 3.86. The van der Waals surface area contributed by atoms with Crippen LogP contribution in [0.5, 0.6) is 5.75 Å². The molecule has 0 bridgehead atoms. The second kappa shape index (κ2) is 14.0. The summed E-state index contributed by atoms with van der Waals surface area (Å²) in [6.45, 7) is 7.06. The fraction of sp³-hybridized carbons (Fsp3) is 0.438. The van der Waals surface area contributed by atoms with Gasteiger partial charge < -0.3 is 29.4 Å². The van der Waals surface area contributed by atoms with Crippen molar-refractivity contribution in [2.75, 3.05) is 31.2 Å². The van der Waals surface area contributed by atoms with E-state index in [9.17, 15) is 0 Å². The first-order valence-corrected chi connectivity index (χ1v) is 8.09. The third-order valence-electron chi connectivity index (χ3n) is 3.33. The molecule has 0 radical (unpaired) electrons. The molecule has 11 heteroatoms. The molecule has 0 unspecified atom stereocenters. The monoisotopic (exact) mass is 445 g/mol. The first-order chi connectivity index (χ1) is 11.9. The third kappa shape index (κ3) is 9.10. The van der Waals surface area contributed by atoms with Crippen molar-refractivity contribution in [1.29, 1.82) is 0 Å². The van der Waals surface area contributed by atoms with Crippen molar-refractivity contribution in [3.8, 4) is 5.75 Å². The maximum Gasteiger partial charge on any atom is 1.00 e. The Morgan fingerprint density at radius 2 is 1.89 bits per heavy atom. The number of carbonyl (C=O) groups excluding carboxylic acids is 1. The normalized spacial score (nSPS) is 13.1. The number of fused-ring (bicyclic) bond motifs is 1. The van der Waals surface area contributed by atoms with Crippen LogP contribution in [0, 0.1) is 0 Å². The molecule has 0 aliphatic carbocycles. The van der Waals surface area contributed by atoms with Gasteiger partial charge in [-0.25, -0.2) is 9.97 Å². The predicted octanol–water partition coefficient (Wildman–Crippen LogP) is -5.53. The molecule has 1 fully saturated rings. The van der Waals surface area contributed by atoms with Crippen molar-refractivity contribution in [3.63, 3.8) is 0 Å². The first-order valence-electron chi connectivity index (χ1n) is 7.71. The topological polar surface area (TPSA) is 111 Å². The second-order valence-corrected chi connectivity index (χ2v) is 5.85. The van der Waals surface area contributed by atoms with Gasteiger partial charge in [-0.05, 0) is 26.1 Å². The minimum absolute atomic E-state index is 0. The summed E-state index contributed by atoms with van der Waals surface area (Å²) >= 11 is 6.20. The molecular formula is C16H18ClK2N3O5. The van der Waals surface area contributed by atoms with Crippen molar-refractivity contribution in [1.82, 2.24) is 9.97 Å². The van der Waals surface area contributed by atoms with Gasteiger partial charge in [0.05, 0.1) is 19.3 Å². The SMILES string of the molecule is CC(C)Oc1cc(N2CCOCC2)nc2c(Cl)nccc12.O=C([O-])[O-].[K+].[K+]. The van der Waals surface area contributed by atoms with Gasteiger partial charge in [0.15, 0.2) is 5.15 Å². The molecule has 2 aromatic rings. The summed E-state index contributed by atoms with van der Waals surface area (Å²) < 4.78 is 11.3. The van der Waals surface area contributed by atoms with Gasteiger partial charge in [0, 0.05) is 30.7 Å². The summed E-state index contributed by atoms with van der Waals surface area (Å²) in [5, 5.41) is 18.0. The van der Waals surface area contributed by atoms with Gasteiger partial charge in [0.1, 0.15) is 17.1 Å². The molecule has 1 saturated heterocycles. The van der Waals surface area contributed by atoms with E-state index in [2.05, 4.69) is 14.9 Å². The van der Waals surface area contributed by atoms with E-state index in [-0.39, 0.29) is 109 Å². The number of hydrogen-bond acceptors (Lipinski definition) is 8. The number of morpholine rings is 1. The maximum absolute atomic E-state index is 8.33. The first kappa shape index (κ1) is 28.0. The minimum atomic E-state index is -2.33. The van der Waals surface area contributed by atoms with Crippen molar-refractivity contribution >= 4 is 34.5 Å². The van der Waals surface area contributed by atoms with Crippen molar-refractivity contribution in [2.24, 2.45) is 0 Å². The van der Waals surface area contributed by atoms with Crippen LogP contribution in [0.2, 0.25) is 5.15 Å². The van der Waals surface area contributed by atoms with Crippen LogP contribution in [-0.4, -0.2) is 48.5 Å². The van der Waals surface area contributed by atoms with Gasteiger partial charge in [0.2, 0.25) is 0 Å². The molecule has 0 spiro atoms. The van der Waals surface area contributed by atoms with E-state index in [0.29, 0.717) is 23.9 Å². The van der Waals surface area contributed by atoms with E-state index in [0.717, 1.165) is 30.0 Å². The molecule has 27 heavy (non-hydrogen) atoms. The van der Waals surface area contributed by atoms with Gasteiger partial charge in [-0.15, -0.1) is 0 Å². The number of ether oxygens (including phenoxy) is 2. The van der Waals surface area contributed by atoms with Crippen LogP contribution in [0.3, 0.4) is 0 Å². The van der Waals surface area contributed by atoms with Crippen LogP contribution in [0.1, 0.15) is 13.8 Å². The standard InChI is InChI=1S/C15H18ClN3O2.CH2O3.2K/c1-10(2)21-12-9-13(19-5-7-20-8-6-19)18-14-11(12)3-4-17-15(14)16;2-1(3)4;;/h3-4,9-10H,5-8H2,1-2H3;(H2,2,3,4);;/q;;2*+1/p-2. The Balaban J connectivity index is 0.00000103. The van der Waals surface area contributed by atoms with Gasteiger partial charge in [-0.2, -0.15) is 0 Å². The molecule has 3 heterocycles. The molecule has 136 valence electrons. The zero-order chi connectivity index (χ0) is 18.4. The van der Waals surface area contributed by atoms with Crippen molar-refractivity contribution in [2.45, 2.75) is 20.0 Å². The Labute approximate surface area is 247 Å². The number of carboxylic acid groups (broad SMARTS) is 2. The van der Waals surface area contributed by atoms with Crippen LogP contribution in [-0.2, 0) is 4.74 Å². The molecular weight excluding hydrogens is 428 g/mol. The number of halogens is 1. The van der Waals surface area contributed by atoms with Crippen LogP contribution in [0.15, 0.2) is 18.3 Å². The molecule has 8 nitrogen and oxygen atoms in total. The van der Waals surface area contributed by atoms with E-state index in [4.69, 9.17) is 36.1 Å². The molecule has 0 N–H and O–H groups in total. The molecule has 3 rings (SSSR count). The van der Waals surface area contributed by atoms with Crippen molar-refractivity contribution in [3.05, 3.63) is 23.5 Å². The second-order valence-electron chi connectivity index (χ2n) is 5.49. The number of rotatable bonds is 3. The van der Waals surface area contributed by atoms with Crippen LogP contribution >= 0.6 is 11.6 Å². The van der Waals surface area contributed by atoms with Gasteiger partial charge >= 0.3 is 103 Å². The number of hydrogen-bond donors (Lipinski definition) is 0. The Hall–Kier alpha value is 0.953. The quantitative estimate of drug-likeness (QED) is 0.340.